The molecule has 2 rings (SSSR count). The second kappa shape index (κ2) is 6.12. The Morgan fingerprint density at radius 1 is 1.20 bits per heavy atom. The predicted octanol–water partition coefficient (Wildman–Crippen LogP) is -3.23. The molecule has 20 heavy (non-hydrogen) atoms. The minimum absolute atomic E-state index is 0. The fourth-order valence-corrected chi connectivity index (χ4v) is 3.93. The standard InChI is InChI=1S/C10H11NO6S2.Na/c12-10-8-4-1-2-5-9(8)19(16,17)11(10)6-3-7-18(13,14)15;/h1-2,4-5H,3,6-7H2,(H,13,14,15);/q;+1/p-1. The smallest absolute Gasteiger partial charge is 0.748 e. The topological polar surface area (TPSA) is 112 Å². The quantitative estimate of drug-likeness (QED) is 0.425. The van der Waals surface area contributed by atoms with Gasteiger partial charge in [-0.25, -0.2) is 21.1 Å². The third-order valence-corrected chi connectivity index (χ3v) is 5.30. The van der Waals surface area contributed by atoms with Gasteiger partial charge in [-0.3, -0.25) is 4.79 Å². The second-order valence-corrected chi connectivity index (χ2v) is 7.35. The Kier molecular flexibility index (Phi) is 5.39. The molecule has 0 aliphatic carbocycles. The first-order chi connectivity index (χ1) is 8.73. The van der Waals surface area contributed by atoms with E-state index in [1.54, 1.807) is 0 Å². The normalized spacial score (nSPS) is 16.6. The number of amides is 1. The first-order valence-electron chi connectivity index (χ1n) is 5.33. The SMILES string of the molecule is O=C1c2ccccc2S(=O)(=O)N1CCCS(=O)(=O)[O-].[Na+]. The number of nitrogens with zero attached hydrogens (tertiary/aromatic N) is 1. The minimum atomic E-state index is -4.42. The number of carbonyl (C=O) groups is 1. The van der Waals surface area contributed by atoms with E-state index in [4.69, 9.17) is 0 Å². The van der Waals surface area contributed by atoms with E-state index in [1.807, 2.05) is 0 Å². The summed E-state index contributed by atoms with van der Waals surface area (Å²) in [4.78, 5) is 11.8. The number of carbonyl (C=O) groups excluding carboxylic acids is 1. The molecule has 0 atom stereocenters. The van der Waals surface area contributed by atoms with Gasteiger partial charge in [0.25, 0.3) is 15.9 Å². The molecule has 0 spiro atoms. The van der Waals surface area contributed by atoms with Gasteiger partial charge in [-0.05, 0) is 18.6 Å². The molecule has 0 bridgehead atoms. The van der Waals surface area contributed by atoms with E-state index in [0.29, 0.717) is 4.31 Å². The average molecular weight is 327 g/mol. The van der Waals surface area contributed by atoms with E-state index in [1.165, 1.54) is 24.3 Å². The number of sulfonamides is 1. The molecule has 0 saturated carbocycles. The maximum atomic E-state index is 12.0. The minimum Gasteiger partial charge on any atom is -0.748 e. The van der Waals surface area contributed by atoms with E-state index in [0.717, 1.165) is 0 Å². The fourth-order valence-electron chi connectivity index (χ4n) is 1.84. The Labute approximate surface area is 139 Å². The average Bonchev–Trinajstić information content (AvgIpc) is 2.49. The number of fused-ring (bicyclic) bond motifs is 1. The van der Waals surface area contributed by atoms with Crippen LogP contribution in [0.5, 0.6) is 0 Å². The van der Waals surface area contributed by atoms with Crippen molar-refractivity contribution in [3.8, 4) is 0 Å². The molecule has 1 aliphatic heterocycles. The maximum Gasteiger partial charge on any atom is 1.00 e. The number of hydrogen-bond donors (Lipinski definition) is 0. The Hall–Kier alpha value is -0.450. The zero-order valence-electron chi connectivity index (χ0n) is 10.6. The van der Waals surface area contributed by atoms with Gasteiger partial charge in [0.15, 0.2) is 0 Å². The summed E-state index contributed by atoms with van der Waals surface area (Å²) in [6.45, 7) is -0.322. The molecule has 104 valence electrons. The van der Waals surface area contributed by atoms with Crippen LogP contribution in [0.15, 0.2) is 29.2 Å². The molecular formula is C10H10NNaO6S2. The van der Waals surface area contributed by atoms with Gasteiger partial charge >= 0.3 is 29.6 Å². The van der Waals surface area contributed by atoms with Crippen molar-refractivity contribution in [1.82, 2.24) is 4.31 Å². The summed E-state index contributed by atoms with van der Waals surface area (Å²) in [6, 6.07) is 5.74. The summed E-state index contributed by atoms with van der Waals surface area (Å²) in [6.07, 6.45) is -0.217. The summed E-state index contributed by atoms with van der Waals surface area (Å²) in [7, 11) is -8.35. The van der Waals surface area contributed by atoms with Crippen molar-refractivity contribution in [2.45, 2.75) is 11.3 Å². The zero-order chi connectivity index (χ0) is 14.3. The summed E-state index contributed by atoms with van der Waals surface area (Å²) in [5.41, 5.74) is 0.0625. The Bertz CT molecular complexity index is 728. The molecule has 0 fully saturated rings. The number of hydrogen-bond acceptors (Lipinski definition) is 6. The summed E-state index contributed by atoms with van der Waals surface area (Å²) in [5, 5.41) is 0. The molecule has 1 heterocycles. The number of rotatable bonds is 4. The van der Waals surface area contributed by atoms with Crippen LogP contribution in [0, 0.1) is 0 Å². The van der Waals surface area contributed by atoms with Crippen molar-refractivity contribution < 1.29 is 55.7 Å². The van der Waals surface area contributed by atoms with Gasteiger partial charge in [-0.15, -0.1) is 0 Å². The second-order valence-electron chi connectivity index (χ2n) is 3.99. The number of benzene rings is 1. The molecule has 1 aromatic rings. The molecule has 0 unspecified atom stereocenters. The van der Waals surface area contributed by atoms with Crippen LogP contribution in [-0.2, 0) is 20.1 Å². The van der Waals surface area contributed by atoms with Crippen LogP contribution in [0.1, 0.15) is 16.8 Å². The van der Waals surface area contributed by atoms with Gasteiger partial charge in [0.2, 0.25) is 0 Å². The van der Waals surface area contributed by atoms with Crippen LogP contribution in [0.25, 0.3) is 0 Å². The van der Waals surface area contributed by atoms with Crippen LogP contribution >= 0.6 is 0 Å². The van der Waals surface area contributed by atoms with Crippen LogP contribution < -0.4 is 29.6 Å². The van der Waals surface area contributed by atoms with Crippen molar-refractivity contribution in [3.05, 3.63) is 29.8 Å². The van der Waals surface area contributed by atoms with Crippen LogP contribution in [0.4, 0.5) is 0 Å². The largest absolute Gasteiger partial charge is 1.00 e. The molecule has 1 amide bonds. The van der Waals surface area contributed by atoms with Crippen molar-refractivity contribution >= 4 is 26.0 Å². The van der Waals surface area contributed by atoms with Gasteiger partial charge in [0.1, 0.15) is 4.90 Å². The van der Waals surface area contributed by atoms with E-state index in [2.05, 4.69) is 0 Å². The first kappa shape index (κ1) is 17.6. The van der Waals surface area contributed by atoms with Crippen LogP contribution in [-0.4, -0.2) is 43.9 Å². The third-order valence-electron chi connectivity index (χ3n) is 2.67. The fraction of sp³-hybridized carbons (Fsp3) is 0.300. The molecule has 0 radical (unpaired) electrons. The molecule has 0 aromatic heterocycles. The zero-order valence-corrected chi connectivity index (χ0v) is 14.3. The van der Waals surface area contributed by atoms with Gasteiger partial charge in [0, 0.05) is 12.3 Å². The molecule has 0 N–H and O–H groups in total. The molecule has 1 aliphatic rings. The molecule has 0 saturated heterocycles. The van der Waals surface area contributed by atoms with Crippen LogP contribution in [0.2, 0.25) is 0 Å². The van der Waals surface area contributed by atoms with Gasteiger partial charge in [-0.1, -0.05) is 12.1 Å². The maximum absolute atomic E-state index is 12.0. The Morgan fingerprint density at radius 2 is 1.80 bits per heavy atom. The summed E-state index contributed by atoms with van der Waals surface area (Å²) >= 11 is 0. The van der Waals surface area contributed by atoms with E-state index in [9.17, 15) is 26.2 Å². The van der Waals surface area contributed by atoms with Crippen molar-refractivity contribution in [1.29, 1.82) is 0 Å². The van der Waals surface area contributed by atoms with Crippen molar-refractivity contribution in [3.63, 3.8) is 0 Å². The van der Waals surface area contributed by atoms with Crippen LogP contribution in [0.3, 0.4) is 0 Å². The third kappa shape index (κ3) is 3.41. The molecule has 7 nitrogen and oxygen atoms in total. The molecular weight excluding hydrogens is 317 g/mol. The first-order valence-corrected chi connectivity index (χ1v) is 8.35. The Balaban J connectivity index is 0.00000200. The molecule has 10 heteroatoms. The van der Waals surface area contributed by atoms with Gasteiger partial charge in [-0.2, -0.15) is 0 Å². The van der Waals surface area contributed by atoms with Crippen molar-refractivity contribution in [2.75, 3.05) is 12.3 Å². The molecule has 1 aromatic carbocycles. The monoisotopic (exact) mass is 327 g/mol. The summed E-state index contributed by atoms with van der Waals surface area (Å²) < 4.78 is 56.0. The van der Waals surface area contributed by atoms with Gasteiger partial charge < -0.3 is 4.55 Å². The summed E-state index contributed by atoms with van der Waals surface area (Å²) in [5.74, 6) is -1.40. The van der Waals surface area contributed by atoms with E-state index in [-0.39, 0.29) is 53.0 Å². The Morgan fingerprint density at radius 3 is 2.35 bits per heavy atom. The predicted molar refractivity (Wildman–Crippen MR) is 63.8 cm³/mol. The van der Waals surface area contributed by atoms with E-state index >= 15 is 0 Å². The van der Waals surface area contributed by atoms with Gasteiger partial charge in [0.05, 0.1) is 15.7 Å². The van der Waals surface area contributed by atoms with E-state index < -0.39 is 31.8 Å². The van der Waals surface area contributed by atoms with Crippen molar-refractivity contribution in [2.24, 2.45) is 0 Å².